The highest BCUT2D eigenvalue weighted by molar-refractivity contribution is 6.32. The molecule has 0 atom stereocenters. The molecule has 0 radical (unpaired) electrons. The molecular formula is C14H13ClFNO. The summed E-state index contributed by atoms with van der Waals surface area (Å²) in [7, 11) is 0. The molecule has 0 aliphatic carbocycles. The molecular weight excluding hydrogens is 253 g/mol. The summed E-state index contributed by atoms with van der Waals surface area (Å²) in [4.78, 5) is 0. The zero-order chi connectivity index (χ0) is 13.0. The third-order valence-corrected chi connectivity index (χ3v) is 2.80. The Morgan fingerprint density at radius 1 is 1.11 bits per heavy atom. The molecule has 2 aromatic rings. The van der Waals surface area contributed by atoms with Crippen molar-refractivity contribution in [2.24, 2.45) is 5.73 Å². The van der Waals surface area contributed by atoms with E-state index in [1.54, 1.807) is 6.07 Å². The molecule has 94 valence electrons. The van der Waals surface area contributed by atoms with Crippen molar-refractivity contribution >= 4 is 11.6 Å². The summed E-state index contributed by atoms with van der Waals surface area (Å²) in [5, 5.41) is 0.242. The molecule has 0 saturated heterocycles. The van der Waals surface area contributed by atoms with E-state index in [2.05, 4.69) is 0 Å². The lowest BCUT2D eigenvalue weighted by Crippen LogP contribution is -2.01. The van der Waals surface area contributed by atoms with Gasteiger partial charge in [-0.15, -0.1) is 0 Å². The van der Waals surface area contributed by atoms with Crippen molar-refractivity contribution in [1.82, 2.24) is 0 Å². The zero-order valence-electron chi connectivity index (χ0n) is 9.70. The Hall–Kier alpha value is -1.58. The summed E-state index contributed by atoms with van der Waals surface area (Å²) in [6.45, 7) is 0.523. The van der Waals surface area contributed by atoms with Gasteiger partial charge in [0.25, 0.3) is 0 Å². The first kappa shape index (κ1) is 12.9. The van der Waals surface area contributed by atoms with Gasteiger partial charge in [-0.05, 0) is 23.3 Å². The standard InChI is InChI=1S/C14H13ClFNO/c15-12-6-11(8-17)7-13(16)14(12)18-9-10-4-2-1-3-5-10/h1-7H,8-9,17H2. The second kappa shape index (κ2) is 5.85. The van der Waals surface area contributed by atoms with E-state index in [0.29, 0.717) is 5.56 Å². The monoisotopic (exact) mass is 265 g/mol. The zero-order valence-corrected chi connectivity index (χ0v) is 10.5. The SMILES string of the molecule is NCc1cc(F)c(OCc2ccccc2)c(Cl)c1. The minimum absolute atomic E-state index is 0.0673. The van der Waals surface area contributed by atoms with E-state index in [4.69, 9.17) is 22.1 Å². The van der Waals surface area contributed by atoms with Gasteiger partial charge in [-0.25, -0.2) is 4.39 Å². The van der Waals surface area contributed by atoms with Gasteiger partial charge in [0.1, 0.15) is 6.61 Å². The summed E-state index contributed by atoms with van der Waals surface area (Å²) in [6.07, 6.45) is 0. The lowest BCUT2D eigenvalue weighted by atomic mass is 10.2. The Morgan fingerprint density at radius 3 is 2.44 bits per heavy atom. The fourth-order valence-electron chi connectivity index (χ4n) is 1.60. The molecule has 0 bridgehead atoms. The van der Waals surface area contributed by atoms with Crippen molar-refractivity contribution in [2.45, 2.75) is 13.2 Å². The highest BCUT2D eigenvalue weighted by Crippen LogP contribution is 2.29. The van der Waals surface area contributed by atoms with Crippen LogP contribution >= 0.6 is 11.6 Å². The molecule has 0 saturated carbocycles. The Kier molecular flexibility index (Phi) is 4.18. The topological polar surface area (TPSA) is 35.2 Å². The van der Waals surface area contributed by atoms with Crippen LogP contribution in [0.4, 0.5) is 4.39 Å². The summed E-state index contributed by atoms with van der Waals surface area (Å²) >= 11 is 5.96. The predicted octanol–water partition coefficient (Wildman–Crippen LogP) is 3.52. The van der Waals surface area contributed by atoms with E-state index < -0.39 is 5.82 Å². The summed E-state index contributed by atoms with van der Waals surface area (Å²) in [6, 6.07) is 12.5. The molecule has 2 nitrogen and oxygen atoms in total. The molecule has 0 heterocycles. The molecule has 0 aliphatic heterocycles. The minimum Gasteiger partial charge on any atom is -0.484 e. The number of hydrogen-bond donors (Lipinski definition) is 1. The fraction of sp³-hybridized carbons (Fsp3) is 0.143. The van der Waals surface area contributed by atoms with Crippen molar-refractivity contribution in [3.05, 3.63) is 64.4 Å². The van der Waals surface area contributed by atoms with Gasteiger partial charge in [0.15, 0.2) is 11.6 Å². The third-order valence-electron chi connectivity index (χ3n) is 2.52. The third kappa shape index (κ3) is 3.00. The van der Waals surface area contributed by atoms with Crippen molar-refractivity contribution in [3.8, 4) is 5.75 Å². The second-order valence-electron chi connectivity index (χ2n) is 3.87. The van der Waals surface area contributed by atoms with Crippen LogP contribution in [0.25, 0.3) is 0 Å². The van der Waals surface area contributed by atoms with E-state index in [-0.39, 0.29) is 23.9 Å². The van der Waals surface area contributed by atoms with Gasteiger partial charge >= 0.3 is 0 Å². The molecule has 2 rings (SSSR count). The van der Waals surface area contributed by atoms with Crippen LogP contribution in [0.3, 0.4) is 0 Å². The van der Waals surface area contributed by atoms with Crippen LogP contribution in [0.2, 0.25) is 5.02 Å². The van der Waals surface area contributed by atoms with Crippen molar-refractivity contribution in [1.29, 1.82) is 0 Å². The minimum atomic E-state index is -0.487. The maximum Gasteiger partial charge on any atom is 0.174 e. The highest BCUT2D eigenvalue weighted by atomic mass is 35.5. The highest BCUT2D eigenvalue weighted by Gasteiger charge is 2.10. The molecule has 2 aromatic carbocycles. The fourth-order valence-corrected chi connectivity index (χ4v) is 1.88. The van der Waals surface area contributed by atoms with Crippen LogP contribution in [-0.4, -0.2) is 0 Å². The number of nitrogens with two attached hydrogens (primary N) is 1. The maximum atomic E-state index is 13.7. The molecule has 4 heteroatoms. The number of ether oxygens (including phenoxy) is 1. The van der Waals surface area contributed by atoms with Crippen LogP contribution in [-0.2, 0) is 13.2 Å². The Labute approximate surface area is 110 Å². The second-order valence-corrected chi connectivity index (χ2v) is 4.27. The molecule has 0 spiro atoms. The number of hydrogen-bond acceptors (Lipinski definition) is 2. The van der Waals surface area contributed by atoms with Gasteiger partial charge in [-0.3, -0.25) is 0 Å². The van der Waals surface area contributed by atoms with E-state index in [0.717, 1.165) is 5.56 Å². The molecule has 0 unspecified atom stereocenters. The Bertz CT molecular complexity index is 508. The number of benzene rings is 2. The van der Waals surface area contributed by atoms with Crippen molar-refractivity contribution < 1.29 is 9.13 Å². The largest absolute Gasteiger partial charge is 0.484 e. The van der Waals surface area contributed by atoms with E-state index in [9.17, 15) is 4.39 Å². The summed E-state index contributed by atoms with van der Waals surface area (Å²) in [5.41, 5.74) is 7.03. The first-order valence-electron chi connectivity index (χ1n) is 5.55. The Balaban J connectivity index is 2.15. The average molecular weight is 266 g/mol. The van der Waals surface area contributed by atoms with Gasteiger partial charge in [0.2, 0.25) is 0 Å². The van der Waals surface area contributed by atoms with E-state index in [1.807, 2.05) is 30.3 Å². The first-order chi connectivity index (χ1) is 8.70. The van der Waals surface area contributed by atoms with Crippen LogP contribution in [0, 0.1) is 5.82 Å². The van der Waals surface area contributed by atoms with Crippen LogP contribution < -0.4 is 10.5 Å². The van der Waals surface area contributed by atoms with Crippen LogP contribution in [0.15, 0.2) is 42.5 Å². The Morgan fingerprint density at radius 2 is 1.83 bits per heavy atom. The van der Waals surface area contributed by atoms with E-state index in [1.165, 1.54) is 6.07 Å². The molecule has 2 N–H and O–H groups in total. The normalized spacial score (nSPS) is 10.4. The molecule has 0 aromatic heterocycles. The van der Waals surface area contributed by atoms with Gasteiger partial charge < -0.3 is 10.5 Å². The van der Waals surface area contributed by atoms with Gasteiger partial charge in [0.05, 0.1) is 5.02 Å². The van der Waals surface area contributed by atoms with Gasteiger partial charge in [-0.2, -0.15) is 0 Å². The lowest BCUT2D eigenvalue weighted by Gasteiger charge is -2.10. The quantitative estimate of drug-likeness (QED) is 0.918. The lowest BCUT2D eigenvalue weighted by molar-refractivity contribution is 0.290. The van der Waals surface area contributed by atoms with E-state index >= 15 is 0 Å². The molecule has 0 aliphatic rings. The molecule has 0 fully saturated rings. The average Bonchev–Trinajstić information content (AvgIpc) is 2.38. The van der Waals surface area contributed by atoms with Crippen LogP contribution in [0.5, 0.6) is 5.75 Å². The summed E-state index contributed by atoms with van der Waals surface area (Å²) in [5.74, 6) is -0.420. The van der Waals surface area contributed by atoms with Gasteiger partial charge in [0, 0.05) is 6.54 Å². The molecule has 0 amide bonds. The number of rotatable bonds is 4. The van der Waals surface area contributed by atoms with Crippen LogP contribution in [0.1, 0.15) is 11.1 Å². The van der Waals surface area contributed by atoms with Crippen molar-refractivity contribution in [3.63, 3.8) is 0 Å². The van der Waals surface area contributed by atoms with Crippen molar-refractivity contribution in [2.75, 3.05) is 0 Å². The number of halogens is 2. The first-order valence-corrected chi connectivity index (χ1v) is 5.93. The van der Waals surface area contributed by atoms with Gasteiger partial charge in [-0.1, -0.05) is 41.9 Å². The summed E-state index contributed by atoms with van der Waals surface area (Å²) < 4.78 is 19.1. The molecule has 18 heavy (non-hydrogen) atoms. The smallest absolute Gasteiger partial charge is 0.174 e. The predicted molar refractivity (Wildman–Crippen MR) is 70.1 cm³/mol. The maximum absolute atomic E-state index is 13.7.